The lowest BCUT2D eigenvalue weighted by Gasteiger charge is -2.08. The van der Waals surface area contributed by atoms with Gasteiger partial charge in [-0.25, -0.2) is 0 Å². The van der Waals surface area contributed by atoms with Crippen LogP contribution in [-0.2, 0) is 17.8 Å². The quantitative estimate of drug-likeness (QED) is 0.711. The zero-order chi connectivity index (χ0) is 11.0. The summed E-state index contributed by atoms with van der Waals surface area (Å²) in [4.78, 5) is 0.728. The smallest absolute Gasteiger partial charge is 0.0734 e. The second-order valence-electron chi connectivity index (χ2n) is 3.40. The van der Waals surface area contributed by atoms with Gasteiger partial charge in [0.05, 0.1) is 20.2 Å². The maximum Gasteiger partial charge on any atom is 0.0734 e. The molecule has 0 fully saturated rings. The van der Waals surface area contributed by atoms with Gasteiger partial charge in [0.1, 0.15) is 0 Å². The summed E-state index contributed by atoms with van der Waals surface area (Å²) in [6, 6.07) is 7.89. The van der Waals surface area contributed by atoms with E-state index in [1.54, 1.807) is 6.26 Å². The Balaban J connectivity index is 2.97. The minimum absolute atomic E-state index is 0.699. The Morgan fingerprint density at radius 2 is 2.00 bits per heavy atom. The van der Waals surface area contributed by atoms with Gasteiger partial charge >= 0.3 is 0 Å². The summed E-state index contributed by atoms with van der Waals surface area (Å²) in [5.41, 5.74) is 1.07. The van der Waals surface area contributed by atoms with Gasteiger partial charge in [-0.05, 0) is 6.07 Å². The molecule has 1 atom stereocenters. The van der Waals surface area contributed by atoms with Crippen LogP contribution in [0.5, 0.6) is 0 Å². The second-order valence-corrected chi connectivity index (χ2v) is 5.16. The van der Waals surface area contributed by atoms with Crippen LogP contribution in [0.15, 0.2) is 35.4 Å². The standard InChI is InChI=1S/C11H11NOS2/c1-12-7-10(15(2)13)11(14)8-5-3-4-6-9(8)12/h3-7H,1-2H3. The van der Waals surface area contributed by atoms with Crippen LogP contribution in [-0.4, -0.2) is 15.0 Å². The molecule has 1 heterocycles. The average Bonchev–Trinajstić information content (AvgIpc) is 2.23. The van der Waals surface area contributed by atoms with Crippen LogP contribution in [0.25, 0.3) is 10.9 Å². The predicted octanol–water partition coefficient (Wildman–Crippen LogP) is 2.65. The van der Waals surface area contributed by atoms with E-state index in [1.165, 1.54) is 0 Å². The van der Waals surface area contributed by atoms with Crippen molar-refractivity contribution < 1.29 is 4.21 Å². The number of rotatable bonds is 1. The number of nitrogens with zero attached hydrogens (tertiary/aromatic N) is 1. The van der Waals surface area contributed by atoms with E-state index >= 15 is 0 Å². The van der Waals surface area contributed by atoms with E-state index in [-0.39, 0.29) is 0 Å². The predicted molar refractivity (Wildman–Crippen MR) is 66.1 cm³/mol. The lowest BCUT2D eigenvalue weighted by molar-refractivity contribution is 0.685. The van der Waals surface area contributed by atoms with Crippen LogP contribution in [0.2, 0.25) is 0 Å². The van der Waals surface area contributed by atoms with Crippen LogP contribution in [0.3, 0.4) is 0 Å². The first-order valence-electron chi connectivity index (χ1n) is 4.53. The normalized spacial score (nSPS) is 12.9. The fourth-order valence-electron chi connectivity index (χ4n) is 1.61. The lowest BCUT2D eigenvalue weighted by Crippen LogP contribution is -1.98. The Morgan fingerprint density at radius 1 is 1.33 bits per heavy atom. The van der Waals surface area contributed by atoms with Gasteiger partial charge < -0.3 is 4.57 Å². The number of pyridine rings is 1. The fraction of sp³-hybridized carbons (Fsp3) is 0.182. The van der Waals surface area contributed by atoms with E-state index in [1.807, 2.05) is 42.1 Å². The molecule has 4 heteroatoms. The summed E-state index contributed by atoms with van der Waals surface area (Å²) in [5, 5.41) is 0.989. The van der Waals surface area contributed by atoms with Gasteiger partial charge in [-0.3, -0.25) is 4.21 Å². The molecule has 78 valence electrons. The van der Waals surface area contributed by atoms with Crippen molar-refractivity contribution in [3.05, 3.63) is 35.0 Å². The van der Waals surface area contributed by atoms with Gasteiger partial charge in [-0.1, -0.05) is 30.4 Å². The summed E-state index contributed by atoms with van der Waals surface area (Å²) in [6.07, 6.45) is 3.50. The van der Waals surface area contributed by atoms with Crippen LogP contribution in [0.4, 0.5) is 0 Å². The molecular formula is C11H11NOS2. The van der Waals surface area contributed by atoms with Crippen molar-refractivity contribution in [2.24, 2.45) is 7.05 Å². The van der Waals surface area contributed by atoms with E-state index in [9.17, 15) is 4.21 Å². The third kappa shape index (κ3) is 1.75. The van der Waals surface area contributed by atoms with Gasteiger partial charge in [0.2, 0.25) is 0 Å². The number of aromatic nitrogens is 1. The minimum atomic E-state index is -1.03. The Labute approximate surface area is 96.0 Å². The highest BCUT2D eigenvalue weighted by Gasteiger charge is 2.06. The number of fused-ring (bicyclic) bond motifs is 1. The van der Waals surface area contributed by atoms with Gasteiger partial charge in [-0.2, -0.15) is 0 Å². The van der Waals surface area contributed by atoms with Crippen molar-refractivity contribution in [3.8, 4) is 0 Å². The summed E-state index contributed by atoms with van der Waals surface area (Å²) in [5.74, 6) is 0. The summed E-state index contributed by atoms with van der Waals surface area (Å²) in [6.45, 7) is 0. The molecule has 0 amide bonds. The topological polar surface area (TPSA) is 22.0 Å². The summed E-state index contributed by atoms with van der Waals surface area (Å²) < 4.78 is 14.2. The maximum atomic E-state index is 11.5. The molecule has 0 aliphatic carbocycles. The van der Waals surface area contributed by atoms with Crippen LogP contribution in [0, 0.1) is 4.51 Å². The highest BCUT2D eigenvalue weighted by Crippen LogP contribution is 2.19. The molecular weight excluding hydrogens is 226 g/mol. The molecule has 2 rings (SSSR count). The highest BCUT2D eigenvalue weighted by molar-refractivity contribution is 7.84. The van der Waals surface area contributed by atoms with Gasteiger partial charge in [0, 0.05) is 30.4 Å². The molecule has 0 saturated carbocycles. The molecule has 1 aromatic heterocycles. The number of benzene rings is 1. The number of para-hydroxylation sites is 1. The van der Waals surface area contributed by atoms with E-state index in [2.05, 4.69) is 0 Å². The zero-order valence-corrected chi connectivity index (χ0v) is 10.2. The minimum Gasteiger partial charge on any atom is -0.349 e. The van der Waals surface area contributed by atoms with E-state index in [0.717, 1.165) is 15.8 Å². The third-order valence-corrected chi connectivity index (χ3v) is 3.87. The Kier molecular flexibility index (Phi) is 2.71. The molecule has 1 aromatic carbocycles. The van der Waals surface area contributed by atoms with Gasteiger partial charge in [0.25, 0.3) is 0 Å². The number of hydrogen-bond donors (Lipinski definition) is 0. The second kappa shape index (κ2) is 3.87. The zero-order valence-electron chi connectivity index (χ0n) is 8.56. The Morgan fingerprint density at radius 3 is 2.67 bits per heavy atom. The number of aryl methyl sites for hydroxylation is 1. The molecule has 15 heavy (non-hydrogen) atoms. The average molecular weight is 237 g/mol. The largest absolute Gasteiger partial charge is 0.349 e. The molecule has 0 saturated heterocycles. The highest BCUT2D eigenvalue weighted by atomic mass is 32.2. The molecule has 2 aromatic rings. The molecule has 2 nitrogen and oxygen atoms in total. The Hall–Kier alpha value is -1.00. The van der Waals surface area contributed by atoms with Crippen molar-refractivity contribution in [3.63, 3.8) is 0 Å². The third-order valence-electron chi connectivity index (χ3n) is 2.37. The van der Waals surface area contributed by atoms with E-state index in [4.69, 9.17) is 12.2 Å². The fourth-order valence-corrected chi connectivity index (χ4v) is 2.87. The van der Waals surface area contributed by atoms with Crippen LogP contribution < -0.4 is 0 Å². The van der Waals surface area contributed by atoms with Crippen molar-refractivity contribution in [2.45, 2.75) is 4.90 Å². The molecule has 0 N–H and O–H groups in total. The first-order chi connectivity index (χ1) is 7.11. The van der Waals surface area contributed by atoms with Crippen LogP contribution in [0.1, 0.15) is 0 Å². The molecule has 1 unspecified atom stereocenters. The van der Waals surface area contributed by atoms with E-state index < -0.39 is 10.8 Å². The monoisotopic (exact) mass is 237 g/mol. The van der Waals surface area contributed by atoms with Crippen LogP contribution >= 0.6 is 12.2 Å². The molecule has 0 radical (unpaired) electrons. The SMILES string of the molecule is Cn1cc(S(C)=O)c(=S)c2ccccc21. The number of hydrogen-bond acceptors (Lipinski definition) is 2. The van der Waals surface area contributed by atoms with Crippen molar-refractivity contribution in [1.82, 2.24) is 4.57 Å². The molecule has 0 spiro atoms. The van der Waals surface area contributed by atoms with Crippen molar-refractivity contribution in [2.75, 3.05) is 6.26 Å². The molecule has 0 aliphatic rings. The van der Waals surface area contributed by atoms with Gasteiger partial charge in [-0.15, -0.1) is 0 Å². The molecule has 0 bridgehead atoms. The van der Waals surface area contributed by atoms with Gasteiger partial charge in [0.15, 0.2) is 0 Å². The first kappa shape index (κ1) is 10.5. The first-order valence-corrected chi connectivity index (χ1v) is 6.49. The van der Waals surface area contributed by atoms with Crippen molar-refractivity contribution in [1.29, 1.82) is 0 Å². The summed E-state index contributed by atoms with van der Waals surface area (Å²) >= 11 is 5.32. The summed E-state index contributed by atoms with van der Waals surface area (Å²) in [7, 11) is 0.906. The Bertz CT molecular complexity index is 601. The molecule has 0 aliphatic heterocycles. The van der Waals surface area contributed by atoms with E-state index in [0.29, 0.717) is 4.51 Å². The lowest BCUT2D eigenvalue weighted by atomic mass is 10.2. The maximum absolute atomic E-state index is 11.5. The van der Waals surface area contributed by atoms with Crippen molar-refractivity contribution >= 4 is 33.9 Å².